The second-order valence-electron chi connectivity index (χ2n) is 6.38. The molecule has 1 unspecified atom stereocenters. The zero-order valence-electron chi connectivity index (χ0n) is 13.6. The van der Waals surface area contributed by atoms with Crippen LogP contribution in [0.2, 0.25) is 0 Å². The first kappa shape index (κ1) is 16.9. The van der Waals surface area contributed by atoms with E-state index in [1.807, 2.05) is 51.1 Å². The van der Waals surface area contributed by atoms with E-state index in [-0.39, 0.29) is 0 Å². The van der Waals surface area contributed by atoms with E-state index >= 15 is 0 Å². The number of carbonyl (C=O) groups excluding carboxylic acids is 2. The Kier molecular flexibility index (Phi) is 4.96. The highest BCUT2D eigenvalue weighted by atomic mass is 16.6. The molecule has 2 N–H and O–H groups in total. The van der Waals surface area contributed by atoms with Crippen molar-refractivity contribution in [3.05, 3.63) is 59.7 Å². The molecule has 0 fully saturated rings. The summed E-state index contributed by atoms with van der Waals surface area (Å²) in [5, 5.41) is 0. The molecule has 0 amide bonds. The summed E-state index contributed by atoms with van der Waals surface area (Å²) in [6, 6.07) is 13.9. The van der Waals surface area contributed by atoms with Crippen LogP contribution in [0.3, 0.4) is 0 Å². The van der Waals surface area contributed by atoms with Crippen molar-refractivity contribution in [2.45, 2.75) is 32.4 Å². The van der Waals surface area contributed by atoms with Gasteiger partial charge in [0.1, 0.15) is 17.9 Å². The Morgan fingerprint density at radius 2 is 1.74 bits per heavy atom. The maximum absolute atomic E-state index is 12.1. The minimum absolute atomic E-state index is 0.453. The number of hydrogen-bond donors (Lipinski definition) is 1. The van der Waals surface area contributed by atoms with Crippen LogP contribution in [-0.2, 0) is 9.53 Å². The molecule has 1 atom stereocenters. The van der Waals surface area contributed by atoms with Crippen LogP contribution in [0.5, 0.6) is 0 Å². The molecule has 0 heterocycles. The lowest BCUT2D eigenvalue weighted by Crippen LogP contribution is -2.31. The molecule has 0 spiro atoms. The van der Waals surface area contributed by atoms with Gasteiger partial charge in [0.15, 0.2) is 0 Å². The minimum Gasteiger partial charge on any atom is -0.459 e. The molecule has 2 aromatic carbocycles. The van der Waals surface area contributed by atoms with Crippen molar-refractivity contribution >= 4 is 12.3 Å². The first-order chi connectivity index (χ1) is 10.8. The van der Waals surface area contributed by atoms with Gasteiger partial charge >= 0.3 is 5.97 Å². The minimum atomic E-state index is -0.830. The van der Waals surface area contributed by atoms with Crippen molar-refractivity contribution in [3.63, 3.8) is 0 Å². The van der Waals surface area contributed by atoms with Gasteiger partial charge < -0.3 is 10.5 Å². The van der Waals surface area contributed by atoms with Gasteiger partial charge in [-0.05, 0) is 43.5 Å². The summed E-state index contributed by atoms with van der Waals surface area (Å²) >= 11 is 0. The van der Waals surface area contributed by atoms with E-state index in [2.05, 4.69) is 0 Å². The standard InChI is InChI=1S/C19H21NO3/c1-19(2,3)23-18(22)17(20)16-6-4-5-15(11-16)14-9-7-13(12-21)8-10-14/h4-12,17H,20H2,1-3H3. The number of carbonyl (C=O) groups is 2. The SMILES string of the molecule is CC(C)(C)OC(=O)C(N)c1cccc(-c2ccc(C=O)cc2)c1. The van der Waals surface area contributed by atoms with Crippen molar-refractivity contribution in [1.82, 2.24) is 0 Å². The Morgan fingerprint density at radius 3 is 2.30 bits per heavy atom. The second-order valence-corrected chi connectivity index (χ2v) is 6.38. The van der Waals surface area contributed by atoms with Crippen molar-refractivity contribution < 1.29 is 14.3 Å². The average Bonchev–Trinajstić information content (AvgIpc) is 2.52. The van der Waals surface area contributed by atoms with Crippen LogP contribution in [0.4, 0.5) is 0 Å². The van der Waals surface area contributed by atoms with E-state index in [4.69, 9.17) is 10.5 Å². The van der Waals surface area contributed by atoms with Gasteiger partial charge in [-0.25, -0.2) is 4.79 Å². The number of rotatable bonds is 4. The van der Waals surface area contributed by atoms with Crippen LogP contribution in [-0.4, -0.2) is 17.9 Å². The number of hydrogen-bond acceptors (Lipinski definition) is 4. The summed E-state index contributed by atoms with van der Waals surface area (Å²) in [5.41, 5.74) is 8.64. The smallest absolute Gasteiger partial charge is 0.328 e. The van der Waals surface area contributed by atoms with Gasteiger partial charge in [0.2, 0.25) is 0 Å². The molecule has 0 aliphatic carbocycles. The number of esters is 1. The zero-order valence-corrected chi connectivity index (χ0v) is 13.6. The van der Waals surface area contributed by atoms with Crippen LogP contribution in [0.25, 0.3) is 11.1 Å². The van der Waals surface area contributed by atoms with Gasteiger partial charge in [0.25, 0.3) is 0 Å². The molecule has 0 saturated heterocycles. The molecule has 4 heteroatoms. The van der Waals surface area contributed by atoms with E-state index in [1.54, 1.807) is 18.2 Å². The molecule has 0 saturated carbocycles. The first-order valence-corrected chi connectivity index (χ1v) is 7.44. The molecular weight excluding hydrogens is 290 g/mol. The summed E-state index contributed by atoms with van der Waals surface area (Å²) in [4.78, 5) is 22.8. The lowest BCUT2D eigenvalue weighted by atomic mass is 9.99. The average molecular weight is 311 g/mol. The van der Waals surface area contributed by atoms with Crippen LogP contribution in [0, 0.1) is 0 Å². The van der Waals surface area contributed by atoms with E-state index in [0.29, 0.717) is 11.1 Å². The molecule has 4 nitrogen and oxygen atoms in total. The fourth-order valence-electron chi connectivity index (χ4n) is 2.17. The van der Waals surface area contributed by atoms with Crippen molar-refractivity contribution in [3.8, 4) is 11.1 Å². The van der Waals surface area contributed by atoms with E-state index in [9.17, 15) is 9.59 Å². The summed E-state index contributed by atoms with van der Waals surface area (Å²) in [5.74, 6) is -0.453. The molecule has 2 aromatic rings. The number of nitrogens with two attached hydrogens (primary N) is 1. The Bertz CT molecular complexity index is 699. The van der Waals surface area contributed by atoms with Crippen LogP contribution >= 0.6 is 0 Å². The van der Waals surface area contributed by atoms with Crippen molar-refractivity contribution in [1.29, 1.82) is 0 Å². The third-order valence-electron chi connectivity index (χ3n) is 3.29. The first-order valence-electron chi connectivity index (χ1n) is 7.44. The highest BCUT2D eigenvalue weighted by Crippen LogP contribution is 2.24. The Labute approximate surface area is 136 Å². The van der Waals surface area contributed by atoms with E-state index in [1.165, 1.54) is 0 Å². The molecule has 2 rings (SSSR count). The maximum atomic E-state index is 12.1. The Morgan fingerprint density at radius 1 is 1.09 bits per heavy atom. The van der Waals surface area contributed by atoms with Crippen LogP contribution in [0.1, 0.15) is 42.7 Å². The van der Waals surface area contributed by atoms with E-state index < -0.39 is 17.6 Å². The largest absolute Gasteiger partial charge is 0.459 e. The van der Waals surface area contributed by atoms with Crippen LogP contribution < -0.4 is 5.73 Å². The van der Waals surface area contributed by atoms with Gasteiger partial charge in [-0.15, -0.1) is 0 Å². The molecule has 0 aliphatic heterocycles. The number of aldehydes is 1. The molecular formula is C19H21NO3. The van der Waals surface area contributed by atoms with Gasteiger partial charge in [-0.3, -0.25) is 4.79 Å². The molecule has 23 heavy (non-hydrogen) atoms. The van der Waals surface area contributed by atoms with Crippen molar-refractivity contribution in [2.24, 2.45) is 5.73 Å². The van der Waals surface area contributed by atoms with E-state index in [0.717, 1.165) is 17.4 Å². The molecule has 0 radical (unpaired) electrons. The van der Waals surface area contributed by atoms with Crippen LogP contribution in [0.15, 0.2) is 48.5 Å². The Balaban J connectivity index is 2.25. The third-order valence-corrected chi connectivity index (χ3v) is 3.29. The lowest BCUT2D eigenvalue weighted by molar-refractivity contribution is -0.156. The lowest BCUT2D eigenvalue weighted by Gasteiger charge is -2.22. The van der Waals surface area contributed by atoms with Crippen molar-refractivity contribution in [2.75, 3.05) is 0 Å². The normalized spacial score (nSPS) is 12.5. The second kappa shape index (κ2) is 6.75. The number of ether oxygens (including phenoxy) is 1. The van der Waals surface area contributed by atoms with Gasteiger partial charge in [-0.2, -0.15) is 0 Å². The molecule has 120 valence electrons. The monoisotopic (exact) mass is 311 g/mol. The zero-order chi connectivity index (χ0) is 17.0. The topological polar surface area (TPSA) is 69.4 Å². The predicted octanol–water partition coefficient (Wildman–Crippen LogP) is 3.51. The Hall–Kier alpha value is -2.46. The van der Waals surface area contributed by atoms with Gasteiger partial charge in [-0.1, -0.05) is 42.5 Å². The third kappa shape index (κ3) is 4.50. The molecule has 0 bridgehead atoms. The predicted molar refractivity (Wildman–Crippen MR) is 90.0 cm³/mol. The fourth-order valence-corrected chi connectivity index (χ4v) is 2.17. The highest BCUT2D eigenvalue weighted by molar-refractivity contribution is 5.79. The molecule has 0 aromatic heterocycles. The summed E-state index contributed by atoms with van der Waals surface area (Å²) in [7, 11) is 0. The van der Waals surface area contributed by atoms with Gasteiger partial charge in [0.05, 0.1) is 0 Å². The maximum Gasteiger partial charge on any atom is 0.328 e. The summed E-state index contributed by atoms with van der Waals surface area (Å²) < 4.78 is 5.33. The fraction of sp³-hybridized carbons (Fsp3) is 0.263. The summed E-state index contributed by atoms with van der Waals surface area (Å²) in [6.45, 7) is 5.42. The summed E-state index contributed by atoms with van der Waals surface area (Å²) in [6.07, 6.45) is 0.804. The van der Waals surface area contributed by atoms with Gasteiger partial charge in [0, 0.05) is 5.56 Å². The highest BCUT2D eigenvalue weighted by Gasteiger charge is 2.23. The quantitative estimate of drug-likeness (QED) is 0.693. The number of benzene rings is 2. The molecule has 0 aliphatic rings.